The molecule has 0 saturated heterocycles. The predicted octanol–water partition coefficient (Wildman–Crippen LogP) is 6.01. The van der Waals surface area contributed by atoms with Crippen molar-refractivity contribution in [2.45, 2.75) is 37.2 Å². The SMILES string of the molecule is CN1/C(=C/C=Nc2ccc(C(O)(C(F)(F)F)C(F)(F)F)cc2)C(C)(C)c2ccccc21. The van der Waals surface area contributed by atoms with Crippen LogP contribution in [0.15, 0.2) is 65.3 Å². The Bertz CT molecular complexity index is 1010. The van der Waals surface area contributed by atoms with Gasteiger partial charge in [0, 0.05) is 35.6 Å². The van der Waals surface area contributed by atoms with Gasteiger partial charge in [-0.15, -0.1) is 0 Å². The Morgan fingerprint density at radius 1 is 0.903 bits per heavy atom. The van der Waals surface area contributed by atoms with E-state index in [-0.39, 0.29) is 11.1 Å². The normalized spacial score (nSPS) is 18.1. The molecular formula is C22H20F6N2O. The van der Waals surface area contributed by atoms with Crippen molar-refractivity contribution in [2.75, 3.05) is 11.9 Å². The number of hydrogen-bond acceptors (Lipinski definition) is 3. The molecule has 0 fully saturated rings. The maximum atomic E-state index is 13.0. The Kier molecular flexibility index (Phi) is 5.46. The van der Waals surface area contributed by atoms with E-state index in [1.165, 1.54) is 6.21 Å². The van der Waals surface area contributed by atoms with Crippen molar-refractivity contribution < 1.29 is 31.4 Å². The van der Waals surface area contributed by atoms with Crippen molar-refractivity contribution >= 4 is 17.6 Å². The minimum atomic E-state index is -5.92. The summed E-state index contributed by atoms with van der Waals surface area (Å²) < 4.78 is 77.8. The first-order valence-corrected chi connectivity index (χ1v) is 9.25. The third-order valence-electron chi connectivity index (χ3n) is 5.50. The van der Waals surface area contributed by atoms with Crippen LogP contribution in [0, 0.1) is 0 Å². The molecule has 0 spiro atoms. The zero-order valence-corrected chi connectivity index (χ0v) is 16.9. The van der Waals surface area contributed by atoms with Gasteiger partial charge in [-0.1, -0.05) is 44.2 Å². The Morgan fingerprint density at radius 2 is 1.45 bits per heavy atom. The summed E-state index contributed by atoms with van der Waals surface area (Å²) in [7, 11) is 1.90. The van der Waals surface area contributed by atoms with Crippen LogP contribution in [0.3, 0.4) is 0 Å². The number of anilines is 1. The lowest BCUT2D eigenvalue weighted by Gasteiger charge is -2.32. The van der Waals surface area contributed by atoms with E-state index in [0.717, 1.165) is 29.1 Å². The van der Waals surface area contributed by atoms with Crippen LogP contribution in [0.1, 0.15) is 25.0 Å². The summed E-state index contributed by atoms with van der Waals surface area (Å²) in [6.45, 7) is 4.08. The van der Waals surface area contributed by atoms with E-state index in [4.69, 9.17) is 0 Å². The molecule has 0 aliphatic carbocycles. The minimum Gasteiger partial charge on any atom is -0.369 e. The second-order valence-electron chi connectivity index (χ2n) is 7.78. The topological polar surface area (TPSA) is 35.8 Å². The lowest BCUT2D eigenvalue weighted by Crippen LogP contribution is -2.53. The summed E-state index contributed by atoms with van der Waals surface area (Å²) >= 11 is 0. The van der Waals surface area contributed by atoms with E-state index < -0.39 is 23.5 Å². The molecule has 0 unspecified atom stereocenters. The highest BCUT2D eigenvalue weighted by atomic mass is 19.4. The zero-order chi connectivity index (χ0) is 23.2. The van der Waals surface area contributed by atoms with Crippen LogP contribution in [0.5, 0.6) is 0 Å². The molecular weight excluding hydrogens is 422 g/mol. The largest absolute Gasteiger partial charge is 0.430 e. The van der Waals surface area contributed by atoms with Gasteiger partial charge >= 0.3 is 12.4 Å². The molecule has 0 atom stereocenters. The van der Waals surface area contributed by atoms with Crippen LogP contribution >= 0.6 is 0 Å². The molecule has 0 bridgehead atoms. The van der Waals surface area contributed by atoms with Crippen LogP contribution in [-0.4, -0.2) is 30.7 Å². The Balaban J connectivity index is 1.87. The first-order valence-electron chi connectivity index (χ1n) is 9.25. The second kappa shape index (κ2) is 7.40. The van der Waals surface area contributed by atoms with Gasteiger partial charge in [0.1, 0.15) is 0 Å². The highest BCUT2D eigenvalue weighted by Crippen LogP contribution is 2.50. The van der Waals surface area contributed by atoms with Crippen molar-refractivity contribution in [3.05, 3.63) is 71.4 Å². The number of nitrogens with zero attached hydrogens (tertiary/aromatic N) is 2. The number of benzene rings is 2. The van der Waals surface area contributed by atoms with Crippen LogP contribution < -0.4 is 4.90 Å². The fourth-order valence-corrected chi connectivity index (χ4v) is 3.77. The van der Waals surface area contributed by atoms with Gasteiger partial charge in [-0.2, -0.15) is 26.3 Å². The van der Waals surface area contributed by atoms with E-state index in [2.05, 4.69) is 4.99 Å². The molecule has 3 rings (SSSR count). The van der Waals surface area contributed by atoms with Crippen LogP contribution in [0.25, 0.3) is 0 Å². The maximum absolute atomic E-state index is 13.0. The fourth-order valence-electron chi connectivity index (χ4n) is 3.77. The van der Waals surface area contributed by atoms with Crippen molar-refractivity contribution in [1.29, 1.82) is 0 Å². The van der Waals surface area contributed by atoms with Gasteiger partial charge in [-0.25, -0.2) is 0 Å². The number of aliphatic imine (C=N–C) groups is 1. The minimum absolute atomic E-state index is 0.142. The molecule has 1 aliphatic heterocycles. The third kappa shape index (κ3) is 3.71. The summed E-state index contributed by atoms with van der Waals surface area (Å²) in [6.07, 6.45) is -8.66. The molecule has 3 nitrogen and oxygen atoms in total. The first kappa shape index (κ1) is 22.9. The van der Waals surface area contributed by atoms with Crippen molar-refractivity contribution in [3.63, 3.8) is 0 Å². The monoisotopic (exact) mass is 442 g/mol. The summed E-state index contributed by atoms with van der Waals surface area (Å²) in [6, 6.07) is 11.0. The molecule has 9 heteroatoms. The predicted molar refractivity (Wildman–Crippen MR) is 107 cm³/mol. The highest BCUT2D eigenvalue weighted by Gasteiger charge is 2.71. The van der Waals surface area contributed by atoms with Crippen LogP contribution in [-0.2, 0) is 11.0 Å². The lowest BCUT2D eigenvalue weighted by molar-refractivity contribution is -0.376. The van der Waals surface area contributed by atoms with Gasteiger partial charge in [-0.3, -0.25) is 4.99 Å². The molecule has 0 saturated carbocycles. The van der Waals surface area contributed by atoms with E-state index in [0.29, 0.717) is 12.1 Å². The number of hydrogen-bond donors (Lipinski definition) is 1. The first-order chi connectivity index (χ1) is 14.2. The number of allylic oxidation sites excluding steroid dienone is 2. The number of likely N-dealkylation sites (N-methyl/N-ethyl adjacent to an activating group) is 1. The molecule has 1 N–H and O–H groups in total. The zero-order valence-electron chi connectivity index (χ0n) is 16.9. The van der Waals surface area contributed by atoms with E-state index in [1.807, 2.05) is 50.1 Å². The number of rotatable bonds is 3. The Hall–Kier alpha value is -2.81. The third-order valence-corrected chi connectivity index (χ3v) is 5.50. The highest BCUT2D eigenvalue weighted by molar-refractivity contribution is 5.80. The molecule has 2 aromatic rings. The average Bonchev–Trinajstić information content (AvgIpc) is 2.87. The number of alkyl halides is 6. The number of aliphatic hydroxyl groups is 1. The van der Waals surface area contributed by atoms with Crippen LogP contribution in [0.2, 0.25) is 0 Å². The average molecular weight is 442 g/mol. The quantitative estimate of drug-likeness (QED) is 0.467. The fraction of sp³-hybridized carbons (Fsp3) is 0.318. The summed E-state index contributed by atoms with van der Waals surface area (Å²) in [5, 5.41) is 9.44. The molecule has 31 heavy (non-hydrogen) atoms. The Morgan fingerprint density at radius 3 is 1.97 bits per heavy atom. The van der Waals surface area contributed by atoms with E-state index in [9.17, 15) is 31.4 Å². The molecule has 166 valence electrons. The summed E-state index contributed by atoms with van der Waals surface area (Å²) in [5.74, 6) is 0. The molecule has 1 heterocycles. The summed E-state index contributed by atoms with van der Waals surface area (Å²) in [5.41, 5.74) is -3.35. The van der Waals surface area contributed by atoms with Gasteiger partial charge in [0.25, 0.3) is 5.60 Å². The van der Waals surface area contributed by atoms with Crippen molar-refractivity contribution in [1.82, 2.24) is 0 Å². The molecule has 0 amide bonds. The number of halogens is 6. The number of para-hydroxylation sites is 1. The van der Waals surface area contributed by atoms with Crippen molar-refractivity contribution in [3.8, 4) is 0 Å². The van der Waals surface area contributed by atoms with Gasteiger partial charge in [0.2, 0.25) is 0 Å². The molecule has 1 aliphatic rings. The molecule has 0 aromatic heterocycles. The lowest BCUT2D eigenvalue weighted by atomic mass is 9.84. The number of fused-ring (bicyclic) bond motifs is 1. The van der Waals surface area contributed by atoms with Gasteiger partial charge in [0.05, 0.1) is 5.69 Å². The second-order valence-corrected chi connectivity index (χ2v) is 7.78. The standard InChI is InChI=1S/C22H20F6N2O/c1-19(2)16-6-4-5-7-17(16)30(3)18(19)12-13-29-15-10-8-14(9-11-15)20(31,21(23,24)25)22(26,27)28/h4-13,31H,1-3H3/b18-12+,29-13?. The molecule has 2 aromatic carbocycles. The smallest absolute Gasteiger partial charge is 0.369 e. The van der Waals surface area contributed by atoms with E-state index >= 15 is 0 Å². The van der Waals surface area contributed by atoms with E-state index in [1.54, 1.807) is 6.08 Å². The molecule has 0 radical (unpaired) electrons. The van der Waals surface area contributed by atoms with Gasteiger partial charge in [-0.05, 0) is 29.8 Å². The van der Waals surface area contributed by atoms with Gasteiger partial charge < -0.3 is 10.0 Å². The summed E-state index contributed by atoms with van der Waals surface area (Å²) in [4.78, 5) is 6.11. The maximum Gasteiger partial charge on any atom is 0.430 e. The van der Waals surface area contributed by atoms with Crippen LogP contribution in [0.4, 0.5) is 37.7 Å². The van der Waals surface area contributed by atoms with Gasteiger partial charge in [0.15, 0.2) is 0 Å². The Labute approximate surface area is 175 Å². The van der Waals surface area contributed by atoms with Crippen molar-refractivity contribution in [2.24, 2.45) is 4.99 Å².